The van der Waals surface area contributed by atoms with Gasteiger partial charge < -0.3 is 15.0 Å². The lowest BCUT2D eigenvalue weighted by atomic mass is 10.0. The largest absolute Gasteiger partial charge is 0.381 e. The number of ether oxygens (including phenoxy) is 1. The van der Waals surface area contributed by atoms with Crippen molar-refractivity contribution < 1.29 is 17.7 Å². The van der Waals surface area contributed by atoms with Gasteiger partial charge >= 0.3 is 0 Å². The molecule has 0 amide bonds. The molecule has 2 atom stereocenters. The molecular weight excluding hydrogens is 270 g/mol. The number of aromatic nitrogens is 2. The summed E-state index contributed by atoms with van der Waals surface area (Å²) in [4.78, 5) is 4.26. The highest BCUT2D eigenvalue weighted by atomic mass is 32.2. The van der Waals surface area contributed by atoms with E-state index in [-0.39, 0.29) is 18.1 Å². The van der Waals surface area contributed by atoms with Crippen molar-refractivity contribution in [3.63, 3.8) is 0 Å². The highest BCUT2D eigenvalue weighted by molar-refractivity contribution is 7.90. The zero-order chi connectivity index (χ0) is 13.9. The molecule has 1 saturated heterocycles. The molecular formula is C11H19N3O4S. The van der Waals surface area contributed by atoms with Crippen LogP contribution < -0.4 is 5.73 Å². The minimum absolute atomic E-state index is 0.0123. The first-order chi connectivity index (χ1) is 8.96. The van der Waals surface area contributed by atoms with E-state index >= 15 is 0 Å². The van der Waals surface area contributed by atoms with Gasteiger partial charge in [-0.2, -0.15) is 4.98 Å². The van der Waals surface area contributed by atoms with Crippen molar-refractivity contribution >= 4 is 9.84 Å². The van der Waals surface area contributed by atoms with Crippen molar-refractivity contribution in [1.82, 2.24) is 10.1 Å². The molecule has 2 heterocycles. The van der Waals surface area contributed by atoms with Crippen LogP contribution in [0.15, 0.2) is 4.52 Å². The summed E-state index contributed by atoms with van der Waals surface area (Å²) in [6, 6.07) is -0.541. The van der Waals surface area contributed by atoms with Crippen LogP contribution in [0, 0.1) is 0 Å². The third kappa shape index (κ3) is 4.26. The summed E-state index contributed by atoms with van der Waals surface area (Å²) in [5.41, 5.74) is 5.85. The molecule has 1 aromatic rings. The molecule has 19 heavy (non-hydrogen) atoms. The molecule has 0 aromatic carbocycles. The Hall–Kier alpha value is -0.990. The van der Waals surface area contributed by atoms with Gasteiger partial charge in [0.25, 0.3) is 0 Å². The summed E-state index contributed by atoms with van der Waals surface area (Å²) < 4.78 is 32.6. The number of nitrogens with two attached hydrogens (primary N) is 1. The van der Waals surface area contributed by atoms with Gasteiger partial charge in [0.15, 0.2) is 5.82 Å². The lowest BCUT2D eigenvalue weighted by molar-refractivity contribution is 0.0773. The van der Waals surface area contributed by atoms with Gasteiger partial charge in [-0.15, -0.1) is 0 Å². The Labute approximate surface area is 112 Å². The molecule has 108 valence electrons. The highest BCUT2D eigenvalue weighted by Gasteiger charge is 2.23. The maximum Gasteiger partial charge on any atom is 0.243 e. The van der Waals surface area contributed by atoms with E-state index in [1.54, 1.807) is 0 Å². The Morgan fingerprint density at radius 1 is 1.53 bits per heavy atom. The SMILES string of the molecule is CS(=O)(=O)CCC(N)c1nc(C2CCCOC2)no1. The van der Waals surface area contributed by atoms with Crippen molar-refractivity contribution in [3.8, 4) is 0 Å². The maximum absolute atomic E-state index is 11.1. The van der Waals surface area contributed by atoms with Crippen LogP contribution in [0.2, 0.25) is 0 Å². The third-order valence-corrected chi connectivity index (χ3v) is 4.08. The van der Waals surface area contributed by atoms with Crippen molar-refractivity contribution in [2.75, 3.05) is 25.2 Å². The molecule has 0 aliphatic carbocycles. The molecule has 1 fully saturated rings. The minimum Gasteiger partial charge on any atom is -0.381 e. The normalized spacial score (nSPS) is 22.3. The fourth-order valence-electron chi connectivity index (χ4n) is 1.97. The molecule has 1 aromatic heterocycles. The molecule has 1 aliphatic heterocycles. The van der Waals surface area contributed by atoms with Crippen LogP contribution in [-0.4, -0.2) is 43.8 Å². The van der Waals surface area contributed by atoms with Crippen LogP contribution in [-0.2, 0) is 14.6 Å². The van der Waals surface area contributed by atoms with Crippen LogP contribution in [0.1, 0.15) is 42.9 Å². The van der Waals surface area contributed by atoms with Gasteiger partial charge in [0, 0.05) is 18.8 Å². The Morgan fingerprint density at radius 3 is 2.95 bits per heavy atom. The molecule has 2 rings (SSSR count). The molecule has 0 radical (unpaired) electrons. The molecule has 2 N–H and O–H groups in total. The first-order valence-corrected chi connectivity index (χ1v) is 8.36. The fourth-order valence-corrected chi connectivity index (χ4v) is 2.65. The predicted molar refractivity (Wildman–Crippen MR) is 68.3 cm³/mol. The van der Waals surface area contributed by atoms with E-state index < -0.39 is 15.9 Å². The smallest absolute Gasteiger partial charge is 0.243 e. The topological polar surface area (TPSA) is 108 Å². The molecule has 1 aliphatic rings. The van der Waals surface area contributed by atoms with E-state index in [1.807, 2.05) is 0 Å². The third-order valence-electron chi connectivity index (χ3n) is 3.10. The van der Waals surface area contributed by atoms with E-state index in [2.05, 4.69) is 10.1 Å². The Balaban J connectivity index is 1.95. The monoisotopic (exact) mass is 289 g/mol. The van der Waals surface area contributed by atoms with Gasteiger partial charge in [-0.1, -0.05) is 5.16 Å². The van der Waals surface area contributed by atoms with Gasteiger partial charge in [0.2, 0.25) is 5.89 Å². The number of sulfone groups is 1. The standard InChI is InChI=1S/C11H19N3O4S/c1-19(15,16)6-4-9(12)11-13-10(14-18-11)8-3-2-5-17-7-8/h8-9H,2-7,12H2,1H3. The van der Waals surface area contributed by atoms with Crippen molar-refractivity contribution in [3.05, 3.63) is 11.7 Å². The first kappa shape index (κ1) is 14.4. The van der Waals surface area contributed by atoms with Crippen LogP contribution in [0.4, 0.5) is 0 Å². The quantitative estimate of drug-likeness (QED) is 0.835. The molecule has 2 unspecified atom stereocenters. The summed E-state index contributed by atoms with van der Waals surface area (Å²) in [6.45, 7) is 1.37. The first-order valence-electron chi connectivity index (χ1n) is 6.30. The molecule has 8 heteroatoms. The van der Waals surface area contributed by atoms with Gasteiger partial charge in [-0.05, 0) is 19.3 Å². The molecule has 0 bridgehead atoms. The second-order valence-corrected chi connectivity index (χ2v) is 7.19. The number of hydrogen-bond acceptors (Lipinski definition) is 7. The molecule has 0 spiro atoms. The average molecular weight is 289 g/mol. The Bertz CT molecular complexity index is 508. The fraction of sp³-hybridized carbons (Fsp3) is 0.818. The summed E-state index contributed by atoms with van der Waals surface area (Å²) >= 11 is 0. The zero-order valence-corrected chi connectivity index (χ0v) is 11.7. The Kier molecular flexibility index (Phi) is 4.54. The van der Waals surface area contributed by atoms with Crippen LogP contribution >= 0.6 is 0 Å². The average Bonchev–Trinajstić information content (AvgIpc) is 2.86. The van der Waals surface area contributed by atoms with Gasteiger partial charge in [0.05, 0.1) is 18.4 Å². The van der Waals surface area contributed by atoms with Gasteiger partial charge in [-0.25, -0.2) is 8.42 Å². The minimum atomic E-state index is -3.03. The van der Waals surface area contributed by atoms with E-state index in [1.165, 1.54) is 6.26 Å². The van der Waals surface area contributed by atoms with Crippen LogP contribution in [0.25, 0.3) is 0 Å². The Morgan fingerprint density at radius 2 is 2.32 bits per heavy atom. The maximum atomic E-state index is 11.1. The zero-order valence-electron chi connectivity index (χ0n) is 10.9. The summed E-state index contributed by atoms with van der Waals surface area (Å²) in [5, 5.41) is 3.91. The van der Waals surface area contributed by atoms with E-state index in [9.17, 15) is 8.42 Å². The number of rotatable bonds is 5. The van der Waals surface area contributed by atoms with Crippen LogP contribution in [0.5, 0.6) is 0 Å². The predicted octanol–water partition coefficient (Wildman–Crippen LogP) is 0.398. The number of hydrogen-bond donors (Lipinski definition) is 1. The summed E-state index contributed by atoms with van der Waals surface area (Å²) in [7, 11) is -3.03. The lowest BCUT2D eigenvalue weighted by Crippen LogP contribution is -2.18. The van der Waals surface area contributed by atoms with Crippen LogP contribution in [0.3, 0.4) is 0 Å². The van der Waals surface area contributed by atoms with E-state index in [0.29, 0.717) is 18.3 Å². The second kappa shape index (κ2) is 5.98. The summed E-state index contributed by atoms with van der Waals surface area (Å²) in [5.74, 6) is 1.06. The summed E-state index contributed by atoms with van der Waals surface area (Å²) in [6.07, 6.45) is 3.41. The van der Waals surface area contributed by atoms with Crippen molar-refractivity contribution in [1.29, 1.82) is 0 Å². The van der Waals surface area contributed by atoms with Gasteiger partial charge in [-0.3, -0.25) is 0 Å². The van der Waals surface area contributed by atoms with Gasteiger partial charge in [0.1, 0.15) is 9.84 Å². The highest BCUT2D eigenvalue weighted by Crippen LogP contribution is 2.24. The van der Waals surface area contributed by atoms with Crippen molar-refractivity contribution in [2.24, 2.45) is 5.73 Å². The lowest BCUT2D eigenvalue weighted by Gasteiger charge is -2.18. The van der Waals surface area contributed by atoms with E-state index in [4.69, 9.17) is 15.0 Å². The van der Waals surface area contributed by atoms with E-state index in [0.717, 1.165) is 19.4 Å². The molecule has 0 saturated carbocycles. The van der Waals surface area contributed by atoms with Crippen molar-refractivity contribution in [2.45, 2.75) is 31.2 Å². The molecule has 7 nitrogen and oxygen atoms in total. The second-order valence-electron chi connectivity index (χ2n) is 4.93. The number of nitrogens with zero attached hydrogens (tertiary/aromatic N) is 2.